The van der Waals surface area contributed by atoms with Crippen LogP contribution < -0.4 is 5.32 Å². The van der Waals surface area contributed by atoms with E-state index in [1.807, 2.05) is 0 Å². The van der Waals surface area contributed by atoms with Gasteiger partial charge in [0, 0.05) is 0 Å². The number of nitrogens with one attached hydrogen (secondary N) is 1. The highest BCUT2D eigenvalue weighted by Crippen LogP contribution is 2.23. The smallest absolute Gasteiger partial charge is 0.295 e. The summed E-state index contributed by atoms with van der Waals surface area (Å²) in [5.41, 5.74) is 0.558. The van der Waals surface area contributed by atoms with E-state index in [-0.39, 0.29) is 11.7 Å². The van der Waals surface area contributed by atoms with Gasteiger partial charge in [-0.15, -0.1) is 0 Å². The fourth-order valence-electron chi connectivity index (χ4n) is 0.986. The maximum absolute atomic E-state index is 11.6. The van der Waals surface area contributed by atoms with Crippen LogP contribution in [0.5, 0.6) is 0 Å². The third-order valence-electron chi connectivity index (χ3n) is 1.65. The minimum Gasteiger partial charge on any atom is -0.438 e. The summed E-state index contributed by atoms with van der Waals surface area (Å²) in [4.78, 5) is 19.4. The van der Waals surface area contributed by atoms with E-state index in [9.17, 15) is 4.79 Å². The van der Waals surface area contributed by atoms with Crippen molar-refractivity contribution in [3.8, 4) is 0 Å². The molecule has 2 rings (SSSR count). The topological polar surface area (TPSA) is 68.0 Å². The van der Waals surface area contributed by atoms with Crippen LogP contribution in [0.1, 0.15) is 16.2 Å². The van der Waals surface area contributed by atoms with Gasteiger partial charge in [0.2, 0.25) is 5.76 Å². The Labute approximate surface area is 97.7 Å². The van der Waals surface area contributed by atoms with Crippen LogP contribution in [0.4, 0.5) is 5.13 Å². The zero-order valence-corrected chi connectivity index (χ0v) is 10.1. The number of hydrogen-bond acceptors (Lipinski definition) is 5. The number of aromatic nitrogens is 2. The number of oxazole rings is 1. The Hall–Kier alpha value is -1.21. The number of anilines is 1. The predicted molar refractivity (Wildman–Crippen MR) is 59.0 cm³/mol. The molecule has 2 aromatic rings. The van der Waals surface area contributed by atoms with Gasteiger partial charge in [0.05, 0.1) is 15.7 Å². The molecule has 7 heteroatoms. The molecule has 15 heavy (non-hydrogen) atoms. The van der Waals surface area contributed by atoms with E-state index >= 15 is 0 Å². The van der Waals surface area contributed by atoms with Gasteiger partial charge in [-0.25, -0.2) is 9.97 Å². The Bertz CT molecular complexity index is 494. The van der Waals surface area contributed by atoms with Gasteiger partial charge in [-0.3, -0.25) is 10.1 Å². The van der Waals surface area contributed by atoms with Gasteiger partial charge < -0.3 is 4.42 Å². The molecule has 2 heterocycles. The van der Waals surface area contributed by atoms with Crippen LogP contribution in [0.25, 0.3) is 0 Å². The Morgan fingerprint density at radius 2 is 2.40 bits per heavy atom. The molecule has 0 aromatic carbocycles. The zero-order chi connectivity index (χ0) is 10.8. The van der Waals surface area contributed by atoms with Crippen molar-refractivity contribution in [2.45, 2.75) is 6.92 Å². The summed E-state index contributed by atoms with van der Waals surface area (Å²) in [5, 5.41) is 3.13. The first-order valence-corrected chi connectivity index (χ1v) is 5.60. The first-order chi connectivity index (χ1) is 7.16. The van der Waals surface area contributed by atoms with Gasteiger partial charge in [-0.2, -0.15) is 0 Å². The number of halogens is 1. The molecule has 0 saturated heterocycles. The molecule has 1 N–H and O–H groups in total. The van der Waals surface area contributed by atoms with Crippen LogP contribution in [0, 0.1) is 6.92 Å². The van der Waals surface area contributed by atoms with Gasteiger partial charge in [0.25, 0.3) is 5.91 Å². The molecule has 0 aliphatic rings. The number of aryl methyl sites for hydroxylation is 1. The lowest BCUT2D eigenvalue weighted by molar-refractivity contribution is 0.0996. The van der Waals surface area contributed by atoms with Gasteiger partial charge in [0.1, 0.15) is 0 Å². The molecule has 0 saturated carbocycles. The SMILES string of the molecule is Cc1ncoc1C(=O)Nc1ncc(Br)s1. The summed E-state index contributed by atoms with van der Waals surface area (Å²) in [5.74, 6) is -0.131. The average molecular weight is 288 g/mol. The molecule has 0 fully saturated rings. The van der Waals surface area contributed by atoms with Crippen molar-refractivity contribution >= 4 is 38.3 Å². The fraction of sp³-hybridized carbons (Fsp3) is 0.125. The second-order valence-corrected chi connectivity index (χ2v) is 5.10. The van der Waals surface area contributed by atoms with Gasteiger partial charge >= 0.3 is 0 Å². The summed E-state index contributed by atoms with van der Waals surface area (Å²) in [6.07, 6.45) is 2.86. The minimum atomic E-state index is -0.341. The number of thiazole rings is 1. The largest absolute Gasteiger partial charge is 0.438 e. The minimum absolute atomic E-state index is 0.210. The van der Waals surface area contributed by atoms with Crippen molar-refractivity contribution in [1.29, 1.82) is 0 Å². The fourth-order valence-corrected chi connectivity index (χ4v) is 2.09. The quantitative estimate of drug-likeness (QED) is 0.921. The van der Waals surface area contributed by atoms with E-state index in [1.165, 1.54) is 17.7 Å². The number of rotatable bonds is 2. The molecule has 0 atom stereocenters. The third kappa shape index (κ3) is 2.24. The van der Waals surface area contributed by atoms with Crippen molar-refractivity contribution in [2.24, 2.45) is 0 Å². The second-order valence-electron chi connectivity index (χ2n) is 2.69. The van der Waals surface area contributed by atoms with Crippen molar-refractivity contribution in [1.82, 2.24) is 9.97 Å². The Morgan fingerprint density at radius 1 is 1.60 bits per heavy atom. The summed E-state index contributed by atoms with van der Waals surface area (Å²) in [6.45, 7) is 1.70. The molecule has 78 valence electrons. The van der Waals surface area contributed by atoms with E-state index in [0.717, 1.165) is 3.79 Å². The zero-order valence-electron chi connectivity index (χ0n) is 7.65. The number of nitrogens with zero attached hydrogens (tertiary/aromatic N) is 2. The van der Waals surface area contributed by atoms with Gasteiger partial charge in [-0.05, 0) is 22.9 Å². The number of carbonyl (C=O) groups excluding carboxylic acids is 1. The molecular formula is C8H6BrN3O2S. The lowest BCUT2D eigenvalue weighted by Crippen LogP contribution is -2.11. The highest BCUT2D eigenvalue weighted by Gasteiger charge is 2.15. The van der Waals surface area contributed by atoms with Crippen molar-refractivity contribution in [3.05, 3.63) is 27.8 Å². The highest BCUT2D eigenvalue weighted by molar-refractivity contribution is 9.11. The molecular weight excluding hydrogens is 282 g/mol. The summed E-state index contributed by atoms with van der Waals surface area (Å²) in [7, 11) is 0. The van der Waals surface area contributed by atoms with E-state index in [2.05, 4.69) is 31.2 Å². The summed E-state index contributed by atoms with van der Waals surface area (Å²) in [6, 6.07) is 0. The number of carbonyl (C=O) groups is 1. The van der Waals surface area contributed by atoms with E-state index in [1.54, 1.807) is 13.1 Å². The predicted octanol–water partition coefficient (Wildman–Crippen LogP) is 2.45. The van der Waals surface area contributed by atoms with Crippen molar-refractivity contribution < 1.29 is 9.21 Å². The Kier molecular flexibility index (Phi) is 2.83. The van der Waals surface area contributed by atoms with Gasteiger partial charge in [0.15, 0.2) is 11.5 Å². The summed E-state index contributed by atoms with van der Waals surface area (Å²) >= 11 is 4.58. The molecule has 0 spiro atoms. The van der Waals surface area contributed by atoms with Crippen LogP contribution in [-0.2, 0) is 0 Å². The van der Waals surface area contributed by atoms with Gasteiger partial charge in [-0.1, -0.05) is 11.3 Å². The summed E-state index contributed by atoms with van der Waals surface area (Å²) < 4.78 is 5.80. The molecule has 0 aliphatic carbocycles. The molecule has 2 aromatic heterocycles. The van der Waals surface area contributed by atoms with Crippen LogP contribution in [0.3, 0.4) is 0 Å². The molecule has 0 unspecified atom stereocenters. The van der Waals surface area contributed by atoms with Crippen LogP contribution in [-0.4, -0.2) is 15.9 Å². The third-order valence-corrected chi connectivity index (χ3v) is 3.04. The lowest BCUT2D eigenvalue weighted by Gasteiger charge is -1.97. The highest BCUT2D eigenvalue weighted by atomic mass is 79.9. The standard InChI is InChI=1S/C8H6BrN3O2S/c1-4-6(14-3-11-4)7(13)12-8-10-2-5(9)15-8/h2-3H,1H3,(H,10,12,13). The van der Waals surface area contributed by atoms with Crippen LogP contribution in [0.2, 0.25) is 0 Å². The number of hydrogen-bond donors (Lipinski definition) is 1. The maximum atomic E-state index is 11.6. The first kappa shape index (κ1) is 10.3. The molecule has 5 nitrogen and oxygen atoms in total. The van der Waals surface area contributed by atoms with Crippen molar-refractivity contribution in [2.75, 3.05) is 5.32 Å². The molecule has 0 aliphatic heterocycles. The first-order valence-electron chi connectivity index (χ1n) is 3.99. The van der Waals surface area contributed by atoms with Crippen molar-refractivity contribution in [3.63, 3.8) is 0 Å². The average Bonchev–Trinajstić information content (AvgIpc) is 2.75. The Morgan fingerprint density at radius 3 is 2.93 bits per heavy atom. The van der Waals surface area contributed by atoms with E-state index in [0.29, 0.717) is 10.8 Å². The monoisotopic (exact) mass is 287 g/mol. The molecule has 0 radical (unpaired) electrons. The maximum Gasteiger partial charge on any atom is 0.295 e. The van der Waals surface area contributed by atoms with E-state index < -0.39 is 0 Å². The van der Waals surface area contributed by atoms with Crippen LogP contribution >= 0.6 is 27.3 Å². The second kappa shape index (κ2) is 4.11. The normalized spacial score (nSPS) is 10.3. The molecule has 0 bridgehead atoms. The van der Waals surface area contributed by atoms with E-state index in [4.69, 9.17) is 4.42 Å². The Balaban J connectivity index is 2.14. The molecule has 1 amide bonds. The number of amides is 1. The lowest BCUT2D eigenvalue weighted by atomic mass is 10.3. The van der Waals surface area contributed by atoms with Crippen LogP contribution in [0.15, 0.2) is 20.8 Å².